The van der Waals surface area contributed by atoms with Crippen molar-refractivity contribution in [3.8, 4) is 0 Å². The molecule has 1 aliphatic carbocycles. The number of ether oxygens (including phenoxy) is 2. The quantitative estimate of drug-likeness (QED) is 0.0860. The zero-order chi connectivity index (χ0) is 27.7. The number of rotatable bonds is 25. The lowest BCUT2D eigenvalue weighted by Gasteiger charge is -2.28. The van der Waals surface area contributed by atoms with Crippen molar-refractivity contribution >= 4 is 11.9 Å². The Morgan fingerprint density at radius 2 is 0.895 bits per heavy atom. The molecule has 4 heteroatoms. The summed E-state index contributed by atoms with van der Waals surface area (Å²) in [7, 11) is 0. The first kappa shape index (κ1) is 35.0. The van der Waals surface area contributed by atoms with Crippen LogP contribution in [0.3, 0.4) is 0 Å². The molecule has 0 spiro atoms. The second kappa shape index (κ2) is 24.9. The number of esters is 2. The Kier molecular flexibility index (Phi) is 23.0. The van der Waals surface area contributed by atoms with Gasteiger partial charge in [0.1, 0.15) is 0 Å². The molecule has 0 bridgehead atoms. The largest absolute Gasteiger partial charge is 0.465 e. The van der Waals surface area contributed by atoms with Crippen molar-refractivity contribution in [3.05, 3.63) is 0 Å². The fourth-order valence-corrected chi connectivity index (χ4v) is 5.74. The summed E-state index contributed by atoms with van der Waals surface area (Å²) in [6.07, 6.45) is 28.9. The molecule has 0 aromatic carbocycles. The Morgan fingerprint density at radius 3 is 1.26 bits per heavy atom. The number of carbonyl (C=O) groups is 2. The molecule has 0 radical (unpaired) electrons. The summed E-state index contributed by atoms with van der Waals surface area (Å²) in [5.74, 6) is -0.135. The Morgan fingerprint density at radius 1 is 0.553 bits per heavy atom. The van der Waals surface area contributed by atoms with E-state index in [1.165, 1.54) is 103 Å². The molecule has 0 aliphatic heterocycles. The van der Waals surface area contributed by atoms with Crippen LogP contribution in [0.5, 0.6) is 0 Å². The predicted molar refractivity (Wildman–Crippen MR) is 160 cm³/mol. The van der Waals surface area contributed by atoms with Crippen LogP contribution in [0.1, 0.15) is 175 Å². The summed E-state index contributed by atoms with van der Waals surface area (Å²) in [6.45, 7) is 7.84. The monoisotopic (exact) mass is 536 g/mol. The van der Waals surface area contributed by atoms with Crippen molar-refractivity contribution in [3.63, 3.8) is 0 Å². The smallest absolute Gasteiger partial charge is 0.309 e. The predicted octanol–water partition coefficient (Wildman–Crippen LogP) is 10.4. The Balaban J connectivity index is 2.06. The van der Waals surface area contributed by atoms with Crippen LogP contribution >= 0.6 is 0 Å². The van der Waals surface area contributed by atoms with E-state index >= 15 is 0 Å². The highest BCUT2D eigenvalue weighted by atomic mass is 16.5. The normalized spacial score (nSPS) is 17.6. The maximum Gasteiger partial charge on any atom is 0.309 e. The Bertz CT molecular complexity index is 559. The van der Waals surface area contributed by atoms with Crippen molar-refractivity contribution in [2.75, 3.05) is 13.2 Å². The van der Waals surface area contributed by atoms with Gasteiger partial charge in [-0.05, 0) is 31.6 Å². The number of carbonyl (C=O) groups excluding carboxylic acids is 2. The third-order valence-corrected chi connectivity index (χ3v) is 8.28. The van der Waals surface area contributed by atoms with Crippen LogP contribution in [-0.4, -0.2) is 25.2 Å². The zero-order valence-electron chi connectivity index (χ0n) is 25.7. The summed E-state index contributed by atoms with van der Waals surface area (Å²) in [5.41, 5.74) is 0. The second-order valence-electron chi connectivity index (χ2n) is 12.4. The molecule has 2 unspecified atom stereocenters. The van der Waals surface area contributed by atoms with E-state index in [-0.39, 0.29) is 23.8 Å². The van der Waals surface area contributed by atoms with E-state index in [9.17, 15) is 9.59 Å². The van der Waals surface area contributed by atoms with Crippen LogP contribution < -0.4 is 0 Å². The standard InChI is InChI=1S/C34H64O4/c1-4-5-6-7-8-9-10-12-15-18-23-28-37-33(35)31-26-21-22-27-32(31)34(36)38-29-24-19-16-13-11-14-17-20-25-30(2)3/h30-32H,4-29H2,1-3H3. The number of unbranched alkanes of at least 4 members (excludes halogenated alkanes) is 17. The van der Waals surface area contributed by atoms with Gasteiger partial charge in [-0.3, -0.25) is 9.59 Å². The van der Waals surface area contributed by atoms with E-state index < -0.39 is 0 Å². The first-order valence-electron chi connectivity index (χ1n) is 16.9. The van der Waals surface area contributed by atoms with Gasteiger partial charge in [-0.2, -0.15) is 0 Å². The van der Waals surface area contributed by atoms with E-state index in [1.54, 1.807) is 0 Å². The van der Waals surface area contributed by atoms with Gasteiger partial charge in [0.25, 0.3) is 0 Å². The minimum absolute atomic E-state index is 0.174. The molecule has 0 saturated heterocycles. The number of hydrogen-bond acceptors (Lipinski definition) is 4. The van der Waals surface area contributed by atoms with Crippen LogP contribution in [0.2, 0.25) is 0 Å². The van der Waals surface area contributed by atoms with Crippen LogP contribution in [-0.2, 0) is 19.1 Å². The zero-order valence-corrected chi connectivity index (χ0v) is 25.7. The molecule has 0 amide bonds. The Labute approximate surface area is 236 Å². The molecule has 224 valence electrons. The van der Waals surface area contributed by atoms with Crippen molar-refractivity contribution in [1.82, 2.24) is 0 Å². The summed E-state index contributed by atoms with van der Waals surface area (Å²) in [6, 6.07) is 0. The fraction of sp³-hybridized carbons (Fsp3) is 0.941. The lowest BCUT2D eigenvalue weighted by atomic mass is 9.79. The first-order valence-corrected chi connectivity index (χ1v) is 16.9. The molecule has 1 fully saturated rings. The summed E-state index contributed by atoms with van der Waals surface area (Å²) < 4.78 is 11.2. The third kappa shape index (κ3) is 19.1. The highest BCUT2D eigenvalue weighted by Crippen LogP contribution is 2.32. The topological polar surface area (TPSA) is 52.6 Å². The molecule has 4 nitrogen and oxygen atoms in total. The minimum Gasteiger partial charge on any atom is -0.465 e. The van der Waals surface area contributed by atoms with Gasteiger partial charge in [0.05, 0.1) is 25.0 Å². The van der Waals surface area contributed by atoms with E-state index in [0.717, 1.165) is 57.3 Å². The lowest BCUT2D eigenvalue weighted by molar-refractivity contribution is -0.163. The van der Waals surface area contributed by atoms with Gasteiger partial charge in [-0.25, -0.2) is 0 Å². The van der Waals surface area contributed by atoms with Gasteiger partial charge in [-0.1, -0.05) is 149 Å². The molecular weight excluding hydrogens is 472 g/mol. The van der Waals surface area contributed by atoms with E-state index in [1.807, 2.05) is 0 Å². The van der Waals surface area contributed by atoms with E-state index in [4.69, 9.17) is 9.47 Å². The Hall–Kier alpha value is -1.06. The molecule has 1 saturated carbocycles. The molecular formula is C34H64O4. The second-order valence-corrected chi connectivity index (χ2v) is 12.4. The average molecular weight is 537 g/mol. The molecule has 0 N–H and O–H groups in total. The molecule has 2 atom stereocenters. The van der Waals surface area contributed by atoms with Crippen LogP contribution in [0.4, 0.5) is 0 Å². The highest BCUT2D eigenvalue weighted by Gasteiger charge is 2.37. The van der Waals surface area contributed by atoms with Crippen LogP contribution in [0.25, 0.3) is 0 Å². The lowest BCUT2D eigenvalue weighted by Crippen LogP contribution is -2.35. The SMILES string of the molecule is CCCCCCCCCCCCCOC(=O)C1CCCCC1C(=O)OCCCCCCCCCCC(C)C. The molecule has 1 aliphatic rings. The molecule has 0 heterocycles. The van der Waals surface area contributed by atoms with Gasteiger partial charge in [0.2, 0.25) is 0 Å². The minimum atomic E-state index is -0.306. The van der Waals surface area contributed by atoms with Gasteiger partial charge in [-0.15, -0.1) is 0 Å². The van der Waals surface area contributed by atoms with Crippen LogP contribution in [0, 0.1) is 17.8 Å². The van der Waals surface area contributed by atoms with Gasteiger partial charge in [0.15, 0.2) is 0 Å². The van der Waals surface area contributed by atoms with Gasteiger partial charge in [0, 0.05) is 0 Å². The maximum atomic E-state index is 12.7. The van der Waals surface area contributed by atoms with Crippen LogP contribution in [0.15, 0.2) is 0 Å². The highest BCUT2D eigenvalue weighted by molar-refractivity contribution is 5.82. The summed E-state index contributed by atoms with van der Waals surface area (Å²) >= 11 is 0. The fourth-order valence-electron chi connectivity index (χ4n) is 5.74. The van der Waals surface area contributed by atoms with Gasteiger partial charge < -0.3 is 9.47 Å². The van der Waals surface area contributed by atoms with Crippen molar-refractivity contribution < 1.29 is 19.1 Å². The molecule has 38 heavy (non-hydrogen) atoms. The summed E-state index contributed by atoms with van der Waals surface area (Å²) in [5, 5.41) is 0. The molecule has 0 aromatic rings. The van der Waals surface area contributed by atoms with Crippen molar-refractivity contribution in [1.29, 1.82) is 0 Å². The van der Waals surface area contributed by atoms with E-state index in [0.29, 0.717) is 13.2 Å². The van der Waals surface area contributed by atoms with E-state index in [2.05, 4.69) is 20.8 Å². The van der Waals surface area contributed by atoms with Crippen molar-refractivity contribution in [2.45, 2.75) is 175 Å². The first-order chi connectivity index (χ1) is 18.6. The summed E-state index contributed by atoms with van der Waals surface area (Å²) in [4.78, 5) is 25.5. The maximum absolute atomic E-state index is 12.7. The molecule has 1 rings (SSSR count). The number of hydrogen-bond donors (Lipinski definition) is 0. The average Bonchev–Trinajstić information content (AvgIpc) is 2.91. The molecule has 0 aromatic heterocycles. The third-order valence-electron chi connectivity index (χ3n) is 8.28. The van der Waals surface area contributed by atoms with Crippen molar-refractivity contribution in [2.24, 2.45) is 17.8 Å². The van der Waals surface area contributed by atoms with Gasteiger partial charge >= 0.3 is 11.9 Å².